The first kappa shape index (κ1) is 33.6. The maximum absolute atomic E-state index is 2.36. The molecule has 0 aliphatic carbocycles. The standard InChI is InChI=1S/2C24H21P/c2*1-18-7-12-22(13-8-18)25(23-14-9-19(2)10-15-23)24-16-11-20-5-3-4-6-21(20)17-24/h2*3-17H,1-2H3. The van der Waals surface area contributed by atoms with Gasteiger partial charge in [-0.1, -0.05) is 192 Å². The summed E-state index contributed by atoms with van der Waals surface area (Å²) < 4.78 is 0. The fourth-order valence-corrected chi connectivity index (χ4v) is 10.9. The van der Waals surface area contributed by atoms with Gasteiger partial charge in [-0.25, -0.2) is 0 Å². The van der Waals surface area contributed by atoms with Crippen LogP contribution in [0.5, 0.6) is 0 Å². The van der Waals surface area contributed by atoms with Gasteiger partial charge in [0, 0.05) is 0 Å². The molecule has 0 aliphatic heterocycles. The second-order valence-corrected chi connectivity index (χ2v) is 17.5. The Morgan fingerprint density at radius 2 is 0.480 bits per heavy atom. The summed E-state index contributed by atoms with van der Waals surface area (Å²) in [6.45, 7) is 8.59. The van der Waals surface area contributed by atoms with Gasteiger partial charge in [0.25, 0.3) is 0 Å². The van der Waals surface area contributed by atoms with Crippen molar-refractivity contribution in [1.82, 2.24) is 0 Å². The second-order valence-electron chi connectivity index (χ2n) is 13.1. The van der Waals surface area contributed by atoms with E-state index in [0.29, 0.717) is 0 Å². The van der Waals surface area contributed by atoms with E-state index in [4.69, 9.17) is 0 Å². The van der Waals surface area contributed by atoms with Crippen LogP contribution in [0.25, 0.3) is 21.5 Å². The van der Waals surface area contributed by atoms with E-state index in [1.54, 1.807) is 0 Å². The molecule has 0 heterocycles. The summed E-state index contributed by atoms with van der Waals surface area (Å²) in [6.07, 6.45) is 0. The zero-order valence-electron chi connectivity index (χ0n) is 29.2. The Labute approximate surface area is 300 Å². The molecule has 244 valence electrons. The SMILES string of the molecule is Cc1ccc(P(c2ccc(C)cc2)c2ccc3ccccc3c2)cc1.Cc1ccc(P(c2ccc(C)cc2)c2ccc3ccccc3c2)cc1. The number of rotatable bonds is 6. The molecule has 0 aromatic heterocycles. The summed E-state index contributed by atoms with van der Waals surface area (Å²) in [4.78, 5) is 0. The lowest BCUT2D eigenvalue weighted by Crippen LogP contribution is -2.20. The predicted molar refractivity (Wildman–Crippen MR) is 224 cm³/mol. The summed E-state index contributed by atoms with van der Waals surface area (Å²) in [6, 6.07) is 67.1. The largest absolute Gasteiger partial charge is 0.0616 e. The Hall–Kier alpha value is -4.86. The van der Waals surface area contributed by atoms with E-state index in [1.807, 2.05) is 0 Å². The first-order valence-electron chi connectivity index (χ1n) is 17.3. The average Bonchev–Trinajstić information content (AvgIpc) is 3.15. The van der Waals surface area contributed by atoms with Gasteiger partial charge in [-0.05, 0) is 109 Å². The van der Waals surface area contributed by atoms with Crippen LogP contribution in [0.1, 0.15) is 22.3 Å². The molecule has 0 nitrogen and oxygen atoms in total. The maximum atomic E-state index is 2.36. The molecule has 0 bridgehead atoms. The molecule has 0 saturated carbocycles. The highest BCUT2D eigenvalue weighted by Gasteiger charge is 2.18. The van der Waals surface area contributed by atoms with E-state index in [2.05, 4.69) is 210 Å². The quantitative estimate of drug-likeness (QED) is 0.153. The second kappa shape index (κ2) is 15.4. The van der Waals surface area contributed by atoms with E-state index >= 15 is 0 Å². The van der Waals surface area contributed by atoms with Crippen molar-refractivity contribution in [3.05, 3.63) is 204 Å². The molecule has 0 spiro atoms. The smallest absolute Gasteiger partial charge is 0.0134 e. The predicted octanol–water partition coefficient (Wildman–Crippen LogP) is 10.4. The fourth-order valence-electron chi connectivity index (χ4n) is 6.30. The van der Waals surface area contributed by atoms with Crippen LogP contribution in [0.4, 0.5) is 0 Å². The molecule has 0 unspecified atom stereocenters. The van der Waals surface area contributed by atoms with Gasteiger partial charge >= 0.3 is 0 Å². The van der Waals surface area contributed by atoms with E-state index < -0.39 is 15.8 Å². The molecule has 8 rings (SSSR count). The average molecular weight is 681 g/mol. The highest BCUT2D eigenvalue weighted by atomic mass is 31.1. The third kappa shape index (κ3) is 7.79. The van der Waals surface area contributed by atoms with Crippen LogP contribution in [0.2, 0.25) is 0 Å². The molecular formula is C48H42P2. The normalized spacial score (nSPS) is 11.2. The third-order valence-corrected chi connectivity index (χ3v) is 14.0. The first-order valence-corrected chi connectivity index (χ1v) is 19.9. The Kier molecular flexibility index (Phi) is 10.3. The number of fused-ring (bicyclic) bond motifs is 2. The summed E-state index contributed by atoms with van der Waals surface area (Å²) in [5.74, 6) is 0. The van der Waals surface area contributed by atoms with Crippen molar-refractivity contribution < 1.29 is 0 Å². The van der Waals surface area contributed by atoms with Gasteiger partial charge < -0.3 is 0 Å². The molecule has 8 aromatic carbocycles. The molecule has 0 amide bonds. The Morgan fingerprint density at radius 1 is 0.240 bits per heavy atom. The van der Waals surface area contributed by atoms with Crippen LogP contribution in [0.3, 0.4) is 0 Å². The molecule has 0 atom stereocenters. The minimum Gasteiger partial charge on any atom is -0.0616 e. The molecule has 50 heavy (non-hydrogen) atoms. The van der Waals surface area contributed by atoms with E-state index in [9.17, 15) is 0 Å². The van der Waals surface area contributed by atoms with Crippen LogP contribution in [-0.4, -0.2) is 0 Å². The van der Waals surface area contributed by atoms with Crippen molar-refractivity contribution in [2.45, 2.75) is 27.7 Å². The lowest BCUT2D eigenvalue weighted by Gasteiger charge is -2.20. The van der Waals surface area contributed by atoms with Crippen molar-refractivity contribution in [2.24, 2.45) is 0 Å². The minimum atomic E-state index is -0.544. The van der Waals surface area contributed by atoms with Crippen LogP contribution < -0.4 is 31.8 Å². The topological polar surface area (TPSA) is 0 Å². The Morgan fingerprint density at radius 3 is 0.760 bits per heavy atom. The molecule has 8 aromatic rings. The monoisotopic (exact) mass is 680 g/mol. The van der Waals surface area contributed by atoms with Crippen molar-refractivity contribution in [1.29, 1.82) is 0 Å². The van der Waals surface area contributed by atoms with E-state index in [0.717, 1.165) is 0 Å². The minimum absolute atomic E-state index is 0.544. The number of hydrogen-bond donors (Lipinski definition) is 0. The molecule has 0 N–H and O–H groups in total. The van der Waals surface area contributed by atoms with Gasteiger partial charge in [-0.2, -0.15) is 0 Å². The summed E-state index contributed by atoms with van der Waals surface area (Å²) in [5.41, 5.74) is 5.23. The zero-order chi connectivity index (χ0) is 34.5. The zero-order valence-corrected chi connectivity index (χ0v) is 31.0. The fraction of sp³-hybridized carbons (Fsp3) is 0.0833. The maximum Gasteiger partial charge on any atom is -0.0134 e. The number of hydrogen-bond acceptors (Lipinski definition) is 0. The van der Waals surface area contributed by atoms with E-state index in [1.165, 1.54) is 75.6 Å². The Balaban J connectivity index is 0.000000157. The van der Waals surface area contributed by atoms with Crippen molar-refractivity contribution in [2.75, 3.05) is 0 Å². The highest BCUT2D eigenvalue weighted by molar-refractivity contribution is 7.80. The van der Waals surface area contributed by atoms with Gasteiger partial charge in [0.1, 0.15) is 0 Å². The molecule has 0 fully saturated rings. The van der Waals surface area contributed by atoms with Crippen molar-refractivity contribution in [3.63, 3.8) is 0 Å². The molecular weight excluding hydrogens is 638 g/mol. The van der Waals surface area contributed by atoms with Gasteiger partial charge in [0.15, 0.2) is 0 Å². The molecule has 2 heteroatoms. The number of benzene rings is 8. The van der Waals surface area contributed by atoms with Crippen molar-refractivity contribution in [3.8, 4) is 0 Å². The van der Waals surface area contributed by atoms with Gasteiger partial charge in [0.05, 0.1) is 0 Å². The molecule has 0 aliphatic rings. The lowest BCUT2D eigenvalue weighted by molar-refractivity contribution is 1.49. The summed E-state index contributed by atoms with van der Waals surface area (Å²) in [7, 11) is -1.09. The van der Waals surface area contributed by atoms with Gasteiger partial charge in [-0.3, -0.25) is 0 Å². The third-order valence-electron chi connectivity index (χ3n) is 9.15. The molecule has 0 radical (unpaired) electrons. The Bertz CT molecular complexity index is 2080. The van der Waals surface area contributed by atoms with Crippen LogP contribution in [0, 0.1) is 27.7 Å². The van der Waals surface area contributed by atoms with Crippen LogP contribution in [0.15, 0.2) is 182 Å². The van der Waals surface area contributed by atoms with E-state index in [-0.39, 0.29) is 0 Å². The lowest BCUT2D eigenvalue weighted by atomic mass is 10.1. The van der Waals surface area contributed by atoms with Gasteiger partial charge in [-0.15, -0.1) is 0 Å². The number of aryl methyl sites for hydroxylation is 4. The highest BCUT2D eigenvalue weighted by Crippen LogP contribution is 2.35. The summed E-state index contributed by atoms with van der Waals surface area (Å²) >= 11 is 0. The van der Waals surface area contributed by atoms with Crippen LogP contribution in [-0.2, 0) is 0 Å². The van der Waals surface area contributed by atoms with Crippen molar-refractivity contribution >= 4 is 69.2 Å². The van der Waals surface area contributed by atoms with Gasteiger partial charge in [0.2, 0.25) is 0 Å². The molecule has 0 saturated heterocycles. The van der Waals surface area contributed by atoms with Crippen LogP contribution >= 0.6 is 15.8 Å². The first-order chi connectivity index (χ1) is 24.4. The summed E-state index contributed by atoms with van der Waals surface area (Å²) in [5, 5.41) is 13.6.